The molecule has 0 saturated heterocycles. The number of rotatable bonds is 5. The Morgan fingerprint density at radius 1 is 1.21 bits per heavy atom. The van der Waals surface area contributed by atoms with Gasteiger partial charge in [-0.2, -0.15) is 0 Å². The number of hydrogen-bond donors (Lipinski definition) is 1. The van der Waals surface area contributed by atoms with E-state index in [1.807, 2.05) is 40.9 Å². The molecule has 0 aromatic carbocycles. The van der Waals surface area contributed by atoms with Crippen molar-refractivity contribution in [2.75, 3.05) is 5.75 Å². The van der Waals surface area contributed by atoms with Crippen molar-refractivity contribution in [2.45, 2.75) is 11.6 Å². The fraction of sp³-hybridized carbons (Fsp3) is 0.118. The number of carbonyl (C=O) groups is 1. The average Bonchev–Trinajstić information content (AvgIpc) is 3.29. The van der Waals surface area contributed by atoms with Crippen LogP contribution in [0.3, 0.4) is 0 Å². The van der Waals surface area contributed by atoms with Gasteiger partial charge in [0.15, 0.2) is 5.65 Å². The van der Waals surface area contributed by atoms with E-state index in [-0.39, 0.29) is 11.7 Å². The Kier molecular flexibility index (Phi) is 3.92. The van der Waals surface area contributed by atoms with Gasteiger partial charge in [0.1, 0.15) is 10.8 Å². The lowest BCUT2D eigenvalue weighted by Gasteiger charge is -2.07. The van der Waals surface area contributed by atoms with E-state index >= 15 is 0 Å². The Hall–Kier alpha value is -2.80. The molecule has 0 aliphatic carbocycles. The van der Waals surface area contributed by atoms with Gasteiger partial charge in [-0.15, -0.1) is 0 Å². The monoisotopic (exact) mass is 338 g/mol. The summed E-state index contributed by atoms with van der Waals surface area (Å²) < 4.78 is 7.24. The summed E-state index contributed by atoms with van der Waals surface area (Å²) in [6.45, 7) is 0.389. The van der Waals surface area contributed by atoms with Crippen LogP contribution in [0.2, 0.25) is 0 Å². The fourth-order valence-corrected chi connectivity index (χ4v) is 3.31. The summed E-state index contributed by atoms with van der Waals surface area (Å²) in [6, 6.07) is 11.4. The van der Waals surface area contributed by atoms with Gasteiger partial charge in [-0.3, -0.25) is 4.79 Å². The summed E-state index contributed by atoms with van der Waals surface area (Å²) in [4.78, 5) is 20.9. The average molecular weight is 338 g/mol. The lowest BCUT2D eigenvalue weighted by Crippen LogP contribution is -2.24. The Morgan fingerprint density at radius 3 is 3.00 bits per heavy atom. The van der Waals surface area contributed by atoms with Gasteiger partial charge in [-0.25, -0.2) is 9.97 Å². The number of thioether (sulfide) groups is 1. The first kappa shape index (κ1) is 14.8. The van der Waals surface area contributed by atoms with Gasteiger partial charge in [0.05, 0.1) is 29.6 Å². The van der Waals surface area contributed by atoms with Crippen LogP contribution in [0.5, 0.6) is 0 Å². The minimum Gasteiger partial charge on any atom is -0.467 e. The predicted octanol–water partition coefficient (Wildman–Crippen LogP) is 2.88. The maximum Gasteiger partial charge on any atom is 0.230 e. The largest absolute Gasteiger partial charge is 0.467 e. The molecule has 1 N–H and O–H groups in total. The first-order valence-electron chi connectivity index (χ1n) is 7.45. The van der Waals surface area contributed by atoms with Crippen LogP contribution >= 0.6 is 11.8 Å². The van der Waals surface area contributed by atoms with Crippen LogP contribution in [0.15, 0.2) is 64.5 Å². The van der Waals surface area contributed by atoms with Gasteiger partial charge in [0.2, 0.25) is 5.91 Å². The lowest BCUT2D eigenvalue weighted by molar-refractivity contribution is -0.118. The van der Waals surface area contributed by atoms with Gasteiger partial charge in [-0.05, 0) is 36.4 Å². The quantitative estimate of drug-likeness (QED) is 0.567. The smallest absolute Gasteiger partial charge is 0.230 e. The van der Waals surface area contributed by atoms with Gasteiger partial charge in [0, 0.05) is 12.4 Å². The van der Waals surface area contributed by atoms with Crippen LogP contribution in [-0.2, 0) is 11.3 Å². The van der Waals surface area contributed by atoms with Crippen LogP contribution in [0, 0.1) is 0 Å². The van der Waals surface area contributed by atoms with Crippen LogP contribution in [0.1, 0.15) is 5.76 Å². The molecule has 4 heterocycles. The van der Waals surface area contributed by atoms with Crippen LogP contribution in [0.25, 0.3) is 16.7 Å². The summed E-state index contributed by atoms with van der Waals surface area (Å²) >= 11 is 1.40. The molecule has 1 amide bonds. The van der Waals surface area contributed by atoms with E-state index in [1.54, 1.807) is 18.5 Å². The van der Waals surface area contributed by atoms with Crippen LogP contribution in [-0.4, -0.2) is 26.0 Å². The lowest BCUT2D eigenvalue weighted by atomic mass is 10.4. The van der Waals surface area contributed by atoms with E-state index in [0.29, 0.717) is 12.2 Å². The molecule has 0 saturated carbocycles. The van der Waals surface area contributed by atoms with Gasteiger partial charge in [0.25, 0.3) is 0 Å². The van der Waals surface area contributed by atoms with E-state index in [9.17, 15) is 4.79 Å². The highest BCUT2D eigenvalue weighted by molar-refractivity contribution is 8.00. The molecule has 6 nitrogen and oxygen atoms in total. The zero-order chi connectivity index (χ0) is 16.4. The van der Waals surface area contributed by atoms with Crippen molar-refractivity contribution < 1.29 is 9.21 Å². The molecule has 0 spiro atoms. The molecule has 7 heteroatoms. The molecular formula is C17H14N4O2S. The van der Waals surface area contributed by atoms with Crippen LogP contribution < -0.4 is 5.32 Å². The summed E-state index contributed by atoms with van der Waals surface area (Å²) in [5.41, 5.74) is 2.59. The molecule has 4 rings (SSSR count). The third-order valence-electron chi connectivity index (χ3n) is 3.58. The summed E-state index contributed by atoms with van der Waals surface area (Å²) in [6.07, 6.45) is 5.28. The Morgan fingerprint density at radius 2 is 2.12 bits per heavy atom. The second kappa shape index (κ2) is 6.37. The van der Waals surface area contributed by atoms with Crippen molar-refractivity contribution in [3.05, 3.63) is 60.8 Å². The molecule has 0 unspecified atom stereocenters. The molecule has 0 radical (unpaired) electrons. The Bertz CT molecular complexity index is 994. The molecule has 4 aromatic rings. The Labute approximate surface area is 141 Å². The normalized spacial score (nSPS) is 11.2. The van der Waals surface area contributed by atoms with Crippen molar-refractivity contribution in [1.82, 2.24) is 19.7 Å². The summed E-state index contributed by atoms with van der Waals surface area (Å²) in [5.74, 6) is 0.951. The number of carbonyl (C=O) groups excluding carboxylic acids is 1. The maximum absolute atomic E-state index is 12.0. The van der Waals surface area contributed by atoms with E-state index < -0.39 is 0 Å². The molecule has 0 fully saturated rings. The minimum absolute atomic E-state index is 0.0657. The summed E-state index contributed by atoms with van der Waals surface area (Å²) in [5, 5.41) is 3.62. The second-order valence-corrected chi connectivity index (χ2v) is 6.14. The predicted molar refractivity (Wildman–Crippen MR) is 91.8 cm³/mol. The van der Waals surface area contributed by atoms with Gasteiger partial charge in [-0.1, -0.05) is 11.8 Å². The van der Waals surface area contributed by atoms with E-state index in [4.69, 9.17) is 4.42 Å². The standard InChI is InChI=1S/C17H14N4O2S/c22-15(19-10-12-4-3-9-23-12)11-24-17-14-6-2-8-21(14)13-5-1-7-18-16(13)20-17/h1-9H,10-11H2,(H,19,22). The van der Waals surface area contributed by atoms with Crippen molar-refractivity contribution in [3.63, 3.8) is 0 Å². The maximum atomic E-state index is 12.0. The summed E-state index contributed by atoms with van der Waals surface area (Å²) in [7, 11) is 0. The van der Waals surface area contributed by atoms with Crippen molar-refractivity contribution in [3.8, 4) is 0 Å². The number of nitrogens with zero attached hydrogens (tertiary/aromatic N) is 3. The van der Waals surface area contributed by atoms with Gasteiger partial charge >= 0.3 is 0 Å². The number of hydrogen-bond acceptors (Lipinski definition) is 5. The number of nitrogens with one attached hydrogen (secondary N) is 1. The molecule has 4 aromatic heterocycles. The first-order chi connectivity index (χ1) is 11.8. The molecule has 0 aliphatic rings. The van der Waals surface area contributed by atoms with Crippen molar-refractivity contribution in [1.29, 1.82) is 0 Å². The zero-order valence-electron chi connectivity index (χ0n) is 12.7. The fourth-order valence-electron chi connectivity index (χ4n) is 2.47. The highest BCUT2D eigenvalue weighted by Crippen LogP contribution is 2.25. The number of amides is 1. The van der Waals surface area contributed by atoms with E-state index in [1.165, 1.54) is 11.8 Å². The molecular weight excluding hydrogens is 324 g/mol. The van der Waals surface area contributed by atoms with Crippen molar-refractivity contribution >= 4 is 34.3 Å². The molecule has 0 bridgehead atoms. The minimum atomic E-state index is -0.0657. The van der Waals surface area contributed by atoms with E-state index in [0.717, 1.165) is 21.8 Å². The highest BCUT2D eigenvalue weighted by atomic mass is 32.2. The molecule has 24 heavy (non-hydrogen) atoms. The topological polar surface area (TPSA) is 72.4 Å². The van der Waals surface area contributed by atoms with Crippen LogP contribution in [0.4, 0.5) is 0 Å². The highest BCUT2D eigenvalue weighted by Gasteiger charge is 2.11. The molecule has 0 aliphatic heterocycles. The van der Waals surface area contributed by atoms with Crippen molar-refractivity contribution in [2.24, 2.45) is 0 Å². The molecule has 0 atom stereocenters. The first-order valence-corrected chi connectivity index (χ1v) is 8.43. The zero-order valence-corrected chi connectivity index (χ0v) is 13.5. The van der Waals surface area contributed by atoms with Gasteiger partial charge < -0.3 is 14.1 Å². The number of pyridine rings is 1. The second-order valence-electron chi connectivity index (χ2n) is 5.17. The third-order valence-corrected chi connectivity index (χ3v) is 4.56. The van der Waals surface area contributed by atoms with E-state index in [2.05, 4.69) is 15.3 Å². The number of fused-ring (bicyclic) bond motifs is 3. The number of furan rings is 1. The number of aromatic nitrogens is 3. The Balaban J connectivity index is 1.51. The SMILES string of the molecule is O=C(CSc1nc2ncccc2n2cccc12)NCc1ccco1. The third kappa shape index (κ3) is 2.85. The molecule has 120 valence electrons.